The Morgan fingerprint density at radius 2 is 1.79 bits per heavy atom. The fourth-order valence-electron chi connectivity index (χ4n) is 5.18. The van der Waals surface area contributed by atoms with Crippen molar-refractivity contribution in [3.8, 4) is 17.6 Å². The molecule has 3 atom stereocenters. The van der Waals surface area contributed by atoms with Crippen LogP contribution in [0.1, 0.15) is 47.7 Å². The Morgan fingerprint density at radius 3 is 2.40 bits per heavy atom. The van der Waals surface area contributed by atoms with E-state index in [-0.39, 0.29) is 31.5 Å². The number of carbonyl (C=O) groups is 1. The number of fused-ring (bicyclic) bond motifs is 1. The summed E-state index contributed by atoms with van der Waals surface area (Å²) in [5.41, 5.74) is -2.33. The second kappa shape index (κ2) is 12.6. The van der Waals surface area contributed by atoms with Gasteiger partial charge in [-0.05, 0) is 79.8 Å². The molecule has 2 aromatic carbocycles. The van der Waals surface area contributed by atoms with Gasteiger partial charge in [-0.1, -0.05) is 11.8 Å². The van der Waals surface area contributed by atoms with Crippen molar-refractivity contribution in [1.29, 1.82) is 0 Å². The van der Waals surface area contributed by atoms with Crippen molar-refractivity contribution in [3.63, 3.8) is 0 Å². The van der Waals surface area contributed by atoms with E-state index in [1.807, 2.05) is 0 Å². The zero-order valence-electron chi connectivity index (χ0n) is 22.4. The zero-order valence-corrected chi connectivity index (χ0v) is 22.4. The number of hydrogen-bond acceptors (Lipinski definition) is 4. The van der Waals surface area contributed by atoms with Crippen molar-refractivity contribution >= 4 is 16.9 Å². The molecule has 1 unspecified atom stereocenters. The van der Waals surface area contributed by atoms with E-state index in [0.29, 0.717) is 53.7 Å². The van der Waals surface area contributed by atoms with Gasteiger partial charge in [0, 0.05) is 23.7 Å². The van der Waals surface area contributed by atoms with E-state index >= 15 is 4.39 Å². The van der Waals surface area contributed by atoms with Crippen molar-refractivity contribution in [2.24, 2.45) is 11.8 Å². The molecule has 0 spiro atoms. The molecule has 0 aliphatic carbocycles. The lowest BCUT2D eigenvalue weighted by molar-refractivity contribution is -0.146. The molecule has 5 nitrogen and oxygen atoms in total. The molecule has 1 aromatic heterocycles. The van der Waals surface area contributed by atoms with Crippen LogP contribution in [0.2, 0.25) is 0 Å². The van der Waals surface area contributed by atoms with E-state index in [9.17, 15) is 36.2 Å². The van der Waals surface area contributed by atoms with Crippen LogP contribution in [0.15, 0.2) is 48.7 Å². The highest BCUT2D eigenvalue weighted by Gasteiger charge is 2.37. The number of alkyl halides is 7. The maximum absolute atomic E-state index is 15.4. The summed E-state index contributed by atoms with van der Waals surface area (Å²) in [7, 11) is 1.50. The summed E-state index contributed by atoms with van der Waals surface area (Å²) >= 11 is 0. The van der Waals surface area contributed by atoms with Gasteiger partial charge in [0.2, 0.25) is 0 Å². The van der Waals surface area contributed by atoms with Gasteiger partial charge in [-0.25, -0.2) is 4.39 Å². The number of halogens is 7. The lowest BCUT2D eigenvalue weighted by atomic mass is 9.81. The van der Waals surface area contributed by atoms with Gasteiger partial charge < -0.3 is 9.84 Å². The third kappa shape index (κ3) is 7.50. The molecule has 224 valence electrons. The lowest BCUT2D eigenvalue weighted by Gasteiger charge is -2.35. The Labute approximate surface area is 237 Å². The molecule has 0 amide bonds. The Morgan fingerprint density at radius 1 is 1.10 bits per heavy atom. The van der Waals surface area contributed by atoms with E-state index in [0.717, 1.165) is 0 Å². The Hall–Kier alpha value is -3.85. The van der Waals surface area contributed by atoms with Gasteiger partial charge in [-0.3, -0.25) is 14.7 Å². The highest BCUT2D eigenvalue weighted by Crippen LogP contribution is 2.37. The third-order valence-corrected chi connectivity index (χ3v) is 7.39. The van der Waals surface area contributed by atoms with Crippen LogP contribution in [0, 0.1) is 23.7 Å². The molecular formula is C30H27F7N2O3. The Kier molecular flexibility index (Phi) is 9.30. The second-order valence-corrected chi connectivity index (χ2v) is 10.2. The first-order chi connectivity index (χ1) is 19.8. The van der Waals surface area contributed by atoms with Gasteiger partial charge in [-0.2, -0.15) is 26.3 Å². The van der Waals surface area contributed by atoms with Crippen LogP contribution in [0.4, 0.5) is 30.7 Å². The second-order valence-electron chi connectivity index (χ2n) is 10.2. The average Bonchev–Trinajstić information content (AvgIpc) is 2.94. The first-order valence-electron chi connectivity index (χ1n) is 13.1. The number of piperidine rings is 1. The van der Waals surface area contributed by atoms with Gasteiger partial charge in [0.15, 0.2) is 0 Å². The third-order valence-electron chi connectivity index (χ3n) is 7.39. The minimum absolute atomic E-state index is 0.0311. The molecular weight excluding hydrogens is 569 g/mol. The van der Waals surface area contributed by atoms with E-state index in [1.54, 1.807) is 29.2 Å². The zero-order chi connectivity index (χ0) is 30.7. The van der Waals surface area contributed by atoms with Crippen LogP contribution < -0.4 is 4.74 Å². The summed E-state index contributed by atoms with van der Waals surface area (Å²) in [6, 6.07) is 7.86. The Bertz CT molecular complexity index is 1460. The van der Waals surface area contributed by atoms with Crippen LogP contribution in [0.25, 0.3) is 10.9 Å². The quantitative estimate of drug-likeness (QED) is 0.232. The van der Waals surface area contributed by atoms with Crippen molar-refractivity contribution in [1.82, 2.24) is 9.88 Å². The largest absolute Gasteiger partial charge is 0.497 e. The smallest absolute Gasteiger partial charge is 0.416 e. The summed E-state index contributed by atoms with van der Waals surface area (Å²) in [6.07, 6.45) is -9.01. The van der Waals surface area contributed by atoms with Crippen molar-refractivity contribution in [2.45, 2.75) is 37.8 Å². The number of aromatic nitrogens is 1. The molecule has 1 aliphatic heterocycles. The standard InChI is InChI=1S/C30H27F7N2O3/c1-42-22-5-7-27-24(16-22)23(8-10-38-27)26(31)6-4-19-9-12-39(17-25(19)28(40)41)11-2-3-18-13-20(29(32,33)34)15-21(14-18)30(35,36)37/h5,7-8,10,13-16,19,25-26H,4,6,9,11-12,17H2,1H3,(H,40,41)/t19-,25+,26?/m1/s1. The number of rotatable bonds is 7. The number of nitrogens with zero attached hydrogens (tertiary/aromatic N) is 2. The molecule has 3 aromatic rings. The number of ether oxygens (including phenoxy) is 1. The molecule has 1 aliphatic rings. The molecule has 0 saturated carbocycles. The fraction of sp³-hybridized carbons (Fsp3) is 0.400. The average molecular weight is 597 g/mol. The van der Waals surface area contributed by atoms with Crippen LogP contribution in [-0.4, -0.2) is 47.7 Å². The summed E-state index contributed by atoms with van der Waals surface area (Å²) in [6.45, 7) is 0.411. The van der Waals surface area contributed by atoms with Gasteiger partial charge in [0.25, 0.3) is 0 Å². The predicted molar refractivity (Wildman–Crippen MR) is 140 cm³/mol. The van der Waals surface area contributed by atoms with E-state index in [1.165, 1.54) is 13.3 Å². The van der Waals surface area contributed by atoms with Crippen LogP contribution >= 0.6 is 0 Å². The molecule has 1 fully saturated rings. The van der Waals surface area contributed by atoms with Crippen LogP contribution in [0.3, 0.4) is 0 Å². The first-order valence-corrected chi connectivity index (χ1v) is 13.1. The molecule has 1 N–H and O–H groups in total. The number of carboxylic acid groups (broad SMARTS) is 1. The highest BCUT2D eigenvalue weighted by molar-refractivity contribution is 5.83. The summed E-state index contributed by atoms with van der Waals surface area (Å²) < 4.78 is 99.3. The van der Waals surface area contributed by atoms with Crippen molar-refractivity contribution in [3.05, 3.63) is 70.9 Å². The summed E-state index contributed by atoms with van der Waals surface area (Å²) in [5, 5.41) is 10.4. The summed E-state index contributed by atoms with van der Waals surface area (Å²) in [5.74, 6) is 3.24. The van der Waals surface area contributed by atoms with Crippen molar-refractivity contribution in [2.75, 3.05) is 26.7 Å². The SMILES string of the molecule is COc1ccc2nccc(C(F)CC[C@@H]3CCN(CC#Cc4cc(C(F)(F)F)cc(C(F)(F)F)c4)C[C@@H]3C(=O)O)c2c1. The molecule has 1 saturated heterocycles. The number of aliphatic carboxylic acids is 1. The molecule has 42 heavy (non-hydrogen) atoms. The number of carboxylic acids is 1. The molecule has 0 bridgehead atoms. The first kappa shape index (κ1) is 31.1. The van der Waals surface area contributed by atoms with Crippen LogP contribution in [0.5, 0.6) is 5.75 Å². The lowest BCUT2D eigenvalue weighted by Crippen LogP contribution is -2.44. The minimum atomic E-state index is -4.98. The minimum Gasteiger partial charge on any atom is -0.497 e. The van der Waals surface area contributed by atoms with Gasteiger partial charge in [0.05, 0.1) is 36.2 Å². The van der Waals surface area contributed by atoms with E-state index in [2.05, 4.69) is 16.8 Å². The maximum Gasteiger partial charge on any atom is 0.416 e. The number of benzene rings is 2. The predicted octanol–water partition coefficient (Wildman–Crippen LogP) is 7.15. The molecule has 4 rings (SSSR count). The summed E-state index contributed by atoms with van der Waals surface area (Å²) in [4.78, 5) is 18.0. The van der Waals surface area contributed by atoms with Gasteiger partial charge in [0.1, 0.15) is 11.9 Å². The maximum atomic E-state index is 15.4. The number of likely N-dealkylation sites (tertiary alicyclic amines) is 1. The Balaban J connectivity index is 1.41. The number of hydrogen-bond donors (Lipinski definition) is 1. The highest BCUT2D eigenvalue weighted by atomic mass is 19.4. The fourth-order valence-corrected chi connectivity index (χ4v) is 5.18. The van der Waals surface area contributed by atoms with E-state index in [4.69, 9.17) is 4.74 Å². The van der Waals surface area contributed by atoms with Crippen molar-refractivity contribution < 1.29 is 45.4 Å². The van der Waals surface area contributed by atoms with E-state index < -0.39 is 47.1 Å². The molecule has 0 radical (unpaired) electrons. The van der Waals surface area contributed by atoms with Gasteiger partial charge in [-0.15, -0.1) is 0 Å². The van der Waals surface area contributed by atoms with Crippen LogP contribution in [-0.2, 0) is 17.1 Å². The normalized spacial score (nSPS) is 18.8. The number of methoxy groups -OCH3 is 1. The van der Waals surface area contributed by atoms with Gasteiger partial charge >= 0.3 is 18.3 Å². The molecule has 12 heteroatoms. The number of pyridine rings is 1. The topological polar surface area (TPSA) is 62.7 Å². The molecule has 2 heterocycles. The monoisotopic (exact) mass is 596 g/mol.